The normalized spacial score (nSPS) is 10.5. The van der Waals surface area contributed by atoms with Gasteiger partial charge in [0.1, 0.15) is 5.76 Å². The molecule has 8 heteroatoms. The van der Waals surface area contributed by atoms with E-state index in [9.17, 15) is 14.4 Å². The lowest BCUT2D eigenvalue weighted by atomic mass is 10.1. The second-order valence-corrected chi connectivity index (χ2v) is 8.11. The number of benzene rings is 2. The van der Waals surface area contributed by atoms with Crippen LogP contribution in [0.3, 0.4) is 0 Å². The summed E-state index contributed by atoms with van der Waals surface area (Å²) in [6.45, 7) is 5.94. The average Bonchev–Trinajstić information content (AvgIpc) is 3.40. The second kappa shape index (κ2) is 13.0. The van der Waals surface area contributed by atoms with Crippen molar-refractivity contribution < 1.29 is 18.8 Å². The van der Waals surface area contributed by atoms with Crippen LogP contribution in [0, 0.1) is 0 Å². The number of nitrogens with zero attached hydrogens (tertiary/aromatic N) is 1. The van der Waals surface area contributed by atoms with Crippen LogP contribution in [0.25, 0.3) is 0 Å². The van der Waals surface area contributed by atoms with E-state index in [1.807, 2.05) is 4.90 Å². The molecule has 0 bridgehead atoms. The SMILES string of the molecule is CCCN(CCC)C(=O)c1ccc(NC(=O)CNc2ccc(C(=O)NCc3ccco3)cc2)cc1. The minimum Gasteiger partial charge on any atom is -0.467 e. The van der Waals surface area contributed by atoms with E-state index in [2.05, 4.69) is 29.8 Å². The van der Waals surface area contributed by atoms with Crippen LogP contribution in [-0.4, -0.2) is 42.3 Å². The predicted molar refractivity (Wildman–Crippen MR) is 136 cm³/mol. The molecule has 1 aromatic heterocycles. The van der Waals surface area contributed by atoms with E-state index in [-0.39, 0.29) is 24.3 Å². The van der Waals surface area contributed by atoms with Gasteiger partial charge < -0.3 is 25.3 Å². The summed E-state index contributed by atoms with van der Waals surface area (Å²) in [6.07, 6.45) is 3.38. The molecule has 0 fully saturated rings. The molecule has 0 aliphatic carbocycles. The zero-order chi connectivity index (χ0) is 25.0. The maximum absolute atomic E-state index is 12.7. The van der Waals surface area contributed by atoms with Crippen LogP contribution in [0.15, 0.2) is 71.3 Å². The third-order valence-electron chi connectivity index (χ3n) is 5.29. The van der Waals surface area contributed by atoms with Crippen LogP contribution in [0.5, 0.6) is 0 Å². The van der Waals surface area contributed by atoms with Gasteiger partial charge in [-0.05, 0) is 73.5 Å². The second-order valence-electron chi connectivity index (χ2n) is 8.11. The van der Waals surface area contributed by atoms with Crippen molar-refractivity contribution >= 4 is 29.1 Å². The zero-order valence-corrected chi connectivity index (χ0v) is 20.2. The average molecular weight is 477 g/mol. The molecule has 184 valence electrons. The summed E-state index contributed by atoms with van der Waals surface area (Å²) in [5, 5.41) is 8.64. The van der Waals surface area contributed by atoms with Gasteiger partial charge in [0.2, 0.25) is 5.91 Å². The number of carbonyl (C=O) groups excluding carboxylic acids is 3. The number of hydrogen-bond acceptors (Lipinski definition) is 5. The number of rotatable bonds is 12. The maximum Gasteiger partial charge on any atom is 0.253 e. The summed E-state index contributed by atoms with van der Waals surface area (Å²) in [5.74, 6) is 0.258. The topological polar surface area (TPSA) is 104 Å². The first-order valence-electron chi connectivity index (χ1n) is 11.8. The van der Waals surface area contributed by atoms with Gasteiger partial charge >= 0.3 is 0 Å². The van der Waals surface area contributed by atoms with E-state index in [1.54, 1.807) is 66.9 Å². The summed E-state index contributed by atoms with van der Waals surface area (Å²) >= 11 is 0. The van der Waals surface area contributed by atoms with Crippen molar-refractivity contribution in [2.45, 2.75) is 33.2 Å². The van der Waals surface area contributed by atoms with E-state index >= 15 is 0 Å². The number of anilines is 2. The molecular weight excluding hydrogens is 444 g/mol. The number of amides is 3. The first-order chi connectivity index (χ1) is 17.0. The van der Waals surface area contributed by atoms with Crippen molar-refractivity contribution in [3.63, 3.8) is 0 Å². The Morgan fingerprint density at radius 2 is 1.46 bits per heavy atom. The molecule has 0 aliphatic heterocycles. The highest BCUT2D eigenvalue weighted by Gasteiger charge is 2.14. The third-order valence-corrected chi connectivity index (χ3v) is 5.29. The molecule has 0 saturated carbocycles. The molecule has 3 rings (SSSR count). The van der Waals surface area contributed by atoms with Gasteiger partial charge in [0.25, 0.3) is 11.8 Å². The summed E-state index contributed by atoms with van der Waals surface area (Å²) in [6, 6.07) is 17.4. The minimum absolute atomic E-state index is 0.00587. The lowest BCUT2D eigenvalue weighted by Gasteiger charge is -2.21. The Morgan fingerprint density at radius 1 is 0.829 bits per heavy atom. The van der Waals surface area contributed by atoms with Gasteiger partial charge in [-0.1, -0.05) is 13.8 Å². The molecule has 3 aromatic rings. The molecule has 0 radical (unpaired) electrons. The molecule has 3 N–H and O–H groups in total. The summed E-state index contributed by atoms with van der Waals surface area (Å²) in [5.41, 5.74) is 2.46. The van der Waals surface area contributed by atoms with Crippen LogP contribution in [0.2, 0.25) is 0 Å². The molecule has 0 spiro atoms. The first kappa shape index (κ1) is 25.6. The molecule has 0 unspecified atom stereocenters. The van der Waals surface area contributed by atoms with Crippen LogP contribution in [-0.2, 0) is 11.3 Å². The Morgan fingerprint density at radius 3 is 2.06 bits per heavy atom. The van der Waals surface area contributed by atoms with Crippen molar-refractivity contribution in [1.29, 1.82) is 0 Å². The van der Waals surface area contributed by atoms with Crippen molar-refractivity contribution in [1.82, 2.24) is 10.2 Å². The van der Waals surface area contributed by atoms with E-state index in [1.165, 1.54) is 0 Å². The number of furan rings is 1. The van der Waals surface area contributed by atoms with E-state index < -0.39 is 0 Å². The van der Waals surface area contributed by atoms with Crippen LogP contribution < -0.4 is 16.0 Å². The van der Waals surface area contributed by atoms with Crippen molar-refractivity contribution in [3.8, 4) is 0 Å². The fraction of sp³-hybridized carbons (Fsp3) is 0.296. The van der Waals surface area contributed by atoms with Crippen LogP contribution >= 0.6 is 0 Å². The molecule has 1 heterocycles. The summed E-state index contributed by atoms with van der Waals surface area (Å²) in [4.78, 5) is 39.1. The Hall–Kier alpha value is -4.07. The monoisotopic (exact) mass is 476 g/mol. The van der Waals surface area contributed by atoms with Gasteiger partial charge in [-0.15, -0.1) is 0 Å². The molecule has 0 aliphatic rings. The Bertz CT molecular complexity index is 1090. The Labute approximate surface area is 205 Å². The van der Waals surface area contributed by atoms with Gasteiger partial charge in [-0.3, -0.25) is 14.4 Å². The fourth-order valence-electron chi connectivity index (χ4n) is 3.54. The Balaban J connectivity index is 1.45. The van der Waals surface area contributed by atoms with Crippen molar-refractivity contribution in [2.75, 3.05) is 30.3 Å². The van der Waals surface area contributed by atoms with Gasteiger partial charge in [0.05, 0.1) is 19.4 Å². The molecule has 3 amide bonds. The first-order valence-corrected chi connectivity index (χ1v) is 11.8. The molecule has 2 aromatic carbocycles. The molecule has 35 heavy (non-hydrogen) atoms. The molecule has 0 saturated heterocycles. The third kappa shape index (κ3) is 7.74. The highest BCUT2D eigenvalue weighted by molar-refractivity contribution is 5.97. The smallest absolute Gasteiger partial charge is 0.253 e. The van der Waals surface area contributed by atoms with E-state index in [0.717, 1.165) is 31.6 Å². The van der Waals surface area contributed by atoms with Crippen molar-refractivity contribution in [3.05, 3.63) is 83.8 Å². The van der Waals surface area contributed by atoms with E-state index in [0.29, 0.717) is 29.1 Å². The highest BCUT2D eigenvalue weighted by atomic mass is 16.3. The molecule has 0 atom stereocenters. The standard InChI is InChI=1S/C27H32N4O4/c1-3-15-31(16-4-2)27(34)21-9-13-23(14-10-21)30-25(32)19-28-22-11-7-20(8-12-22)26(33)29-18-24-6-5-17-35-24/h5-14,17,28H,3-4,15-16,18-19H2,1-2H3,(H,29,33)(H,30,32). The number of hydrogen-bond donors (Lipinski definition) is 3. The van der Waals surface area contributed by atoms with Crippen molar-refractivity contribution in [2.24, 2.45) is 0 Å². The van der Waals surface area contributed by atoms with Gasteiger partial charge in [-0.25, -0.2) is 0 Å². The quantitative estimate of drug-likeness (QED) is 0.357. The van der Waals surface area contributed by atoms with Gasteiger partial charge in [0, 0.05) is 35.6 Å². The largest absolute Gasteiger partial charge is 0.467 e. The Kier molecular flexibility index (Phi) is 9.48. The van der Waals surface area contributed by atoms with Gasteiger partial charge in [0.15, 0.2) is 0 Å². The van der Waals surface area contributed by atoms with Gasteiger partial charge in [-0.2, -0.15) is 0 Å². The minimum atomic E-state index is -0.220. The highest BCUT2D eigenvalue weighted by Crippen LogP contribution is 2.13. The molecule has 8 nitrogen and oxygen atoms in total. The maximum atomic E-state index is 12.7. The summed E-state index contributed by atoms with van der Waals surface area (Å²) < 4.78 is 5.20. The zero-order valence-electron chi connectivity index (χ0n) is 20.2. The molecular formula is C27H32N4O4. The predicted octanol–water partition coefficient (Wildman–Crippen LogP) is 4.52. The van der Waals surface area contributed by atoms with Crippen LogP contribution in [0.1, 0.15) is 53.2 Å². The summed E-state index contributed by atoms with van der Waals surface area (Å²) in [7, 11) is 0. The van der Waals surface area contributed by atoms with Crippen LogP contribution in [0.4, 0.5) is 11.4 Å². The number of carbonyl (C=O) groups is 3. The van der Waals surface area contributed by atoms with E-state index in [4.69, 9.17) is 4.42 Å². The lowest BCUT2D eigenvalue weighted by molar-refractivity contribution is -0.114. The fourth-order valence-corrected chi connectivity index (χ4v) is 3.54. The number of nitrogens with one attached hydrogen (secondary N) is 3. The lowest BCUT2D eigenvalue weighted by Crippen LogP contribution is -2.32.